The van der Waals surface area contributed by atoms with E-state index in [1.165, 1.54) is 30.4 Å². The molecule has 0 amide bonds. The van der Waals surface area contributed by atoms with Crippen molar-refractivity contribution in [2.45, 2.75) is 44.4 Å². The van der Waals surface area contributed by atoms with Crippen LogP contribution in [0.15, 0.2) is 24.3 Å². The maximum absolute atomic E-state index is 12.2. The predicted molar refractivity (Wildman–Crippen MR) is 82.7 cm³/mol. The van der Waals surface area contributed by atoms with E-state index >= 15 is 0 Å². The van der Waals surface area contributed by atoms with Gasteiger partial charge in [0, 0.05) is 28.3 Å². The summed E-state index contributed by atoms with van der Waals surface area (Å²) in [5.41, 5.74) is 2.45. The molecule has 1 aromatic carbocycles. The van der Waals surface area contributed by atoms with Crippen molar-refractivity contribution in [1.29, 1.82) is 0 Å². The quantitative estimate of drug-likeness (QED) is 0.867. The van der Waals surface area contributed by atoms with Gasteiger partial charge in [-0.2, -0.15) is 0 Å². The molecular formula is C16H25NOS. The SMILES string of the molecule is CNC1CCCC1CCS(=O)Cc1cccc(C)c1. The van der Waals surface area contributed by atoms with Crippen LogP contribution >= 0.6 is 0 Å². The van der Waals surface area contributed by atoms with Gasteiger partial charge in [-0.1, -0.05) is 36.2 Å². The summed E-state index contributed by atoms with van der Waals surface area (Å²) in [5.74, 6) is 2.28. The highest BCUT2D eigenvalue weighted by Crippen LogP contribution is 2.28. The number of nitrogens with one attached hydrogen (secondary N) is 1. The van der Waals surface area contributed by atoms with Gasteiger partial charge in [-0.15, -0.1) is 0 Å². The van der Waals surface area contributed by atoms with Gasteiger partial charge in [0.25, 0.3) is 0 Å². The van der Waals surface area contributed by atoms with Crippen LogP contribution in [0.4, 0.5) is 0 Å². The molecule has 1 N–H and O–H groups in total. The Morgan fingerprint density at radius 2 is 2.21 bits per heavy atom. The first-order valence-corrected chi connectivity index (χ1v) is 8.75. The van der Waals surface area contributed by atoms with Gasteiger partial charge in [0.05, 0.1) is 0 Å². The van der Waals surface area contributed by atoms with Crippen molar-refractivity contribution in [2.75, 3.05) is 12.8 Å². The Kier molecular flexibility index (Phi) is 5.59. The Hall–Kier alpha value is -0.670. The third-order valence-electron chi connectivity index (χ3n) is 4.16. The van der Waals surface area contributed by atoms with Gasteiger partial charge >= 0.3 is 0 Å². The Balaban J connectivity index is 1.78. The lowest BCUT2D eigenvalue weighted by molar-refractivity contribution is 0.416. The number of hydrogen-bond donors (Lipinski definition) is 1. The molecule has 0 heterocycles. The molecule has 0 spiro atoms. The van der Waals surface area contributed by atoms with Gasteiger partial charge < -0.3 is 5.32 Å². The molecular weight excluding hydrogens is 254 g/mol. The van der Waals surface area contributed by atoms with Crippen molar-refractivity contribution in [1.82, 2.24) is 5.32 Å². The van der Waals surface area contributed by atoms with Gasteiger partial charge in [0.1, 0.15) is 0 Å². The van der Waals surface area contributed by atoms with Gasteiger partial charge in [-0.05, 0) is 44.7 Å². The molecule has 1 fully saturated rings. The van der Waals surface area contributed by atoms with Crippen molar-refractivity contribution in [3.8, 4) is 0 Å². The van der Waals surface area contributed by atoms with E-state index < -0.39 is 10.8 Å². The normalized spacial score (nSPS) is 24.5. The number of aryl methyl sites for hydroxylation is 1. The highest BCUT2D eigenvalue weighted by Gasteiger charge is 2.25. The molecule has 1 aliphatic carbocycles. The van der Waals surface area contributed by atoms with Gasteiger partial charge in [-0.3, -0.25) is 4.21 Å². The summed E-state index contributed by atoms with van der Waals surface area (Å²) < 4.78 is 12.2. The van der Waals surface area contributed by atoms with Crippen LogP contribution in [0.5, 0.6) is 0 Å². The summed E-state index contributed by atoms with van der Waals surface area (Å²) in [6.07, 6.45) is 5.00. The van der Waals surface area contributed by atoms with Crippen LogP contribution in [0.3, 0.4) is 0 Å². The van der Waals surface area contributed by atoms with E-state index in [0.717, 1.165) is 18.1 Å². The molecule has 19 heavy (non-hydrogen) atoms. The first-order valence-electron chi connectivity index (χ1n) is 7.27. The highest BCUT2D eigenvalue weighted by atomic mass is 32.2. The Morgan fingerprint density at radius 1 is 1.37 bits per heavy atom. The second-order valence-electron chi connectivity index (χ2n) is 5.65. The van der Waals surface area contributed by atoms with Crippen molar-refractivity contribution in [3.05, 3.63) is 35.4 Å². The van der Waals surface area contributed by atoms with Gasteiger partial charge in [-0.25, -0.2) is 0 Å². The maximum Gasteiger partial charge on any atom is 0.0485 e. The molecule has 0 aliphatic heterocycles. The molecule has 1 saturated carbocycles. The molecule has 3 heteroatoms. The fourth-order valence-corrected chi connectivity index (χ4v) is 4.37. The molecule has 0 radical (unpaired) electrons. The molecule has 2 rings (SSSR count). The number of benzene rings is 1. The molecule has 0 aromatic heterocycles. The first-order chi connectivity index (χ1) is 9.19. The maximum atomic E-state index is 12.2. The standard InChI is InChI=1S/C16H25NOS/c1-13-5-3-6-14(11-13)12-19(18)10-9-15-7-4-8-16(15)17-2/h3,5-6,11,15-17H,4,7-10,12H2,1-2H3. The van der Waals surface area contributed by atoms with Crippen molar-refractivity contribution in [2.24, 2.45) is 5.92 Å². The topological polar surface area (TPSA) is 29.1 Å². The van der Waals surface area contributed by atoms with E-state index in [4.69, 9.17) is 0 Å². The largest absolute Gasteiger partial charge is 0.317 e. The van der Waals surface area contributed by atoms with Crippen molar-refractivity contribution >= 4 is 10.8 Å². The number of hydrogen-bond acceptors (Lipinski definition) is 2. The van der Waals surface area contributed by atoms with Crippen LogP contribution in [-0.2, 0) is 16.6 Å². The fraction of sp³-hybridized carbons (Fsp3) is 0.625. The molecule has 1 aliphatic rings. The van der Waals surface area contributed by atoms with Crippen LogP contribution in [-0.4, -0.2) is 23.1 Å². The number of rotatable bonds is 6. The smallest absolute Gasteiger partial charge is 0.0485 e. The molecule has 1 aromatic rings. The van der Waals surface area contributed by atoms with Crippen molar-refractivity contribution in [3.63, 3.8) is 0 Å². The summed E-state index contributed by atoms with van der Waals surface area (Å²) in [5, 5.41) is 3.40. The van der Waals surface area contributed by atoms with E-state index in [2.05, 4.69) is 36.5 Å². The first kappa shape index (κ1) is 14.7. The molecule has 3 atom stereocenters. The molecule has 0 saturated heterocycles. The van der Waals surface area contributed by atoms with Crippen LogP contribution < -0.4 is 5.32 Å². The Bertz CT molecular complexity index is 433. The minimum absolute atomic E-state index is 0.649. The van der Waals surface area contributed by atoms with Gasteiger partial charge in [0.2, 0.25) is 0 Å². The zero-order valence-corrected chi connectivity index (χ0v) is 12.8. The molecule has 106 valence electrons. The molecule has 2 nitrogen and oxygen atoms in total. The van der Waals surface area contributed by atoms with E-state index in [9.17, 15) is 4.21 Å². The lowest BCUT2D eigenvalue weighted by Crippen LogP contribution is -2.29. The minimum atomic E-state index is -0.720. The van der Waals surface area contributed by atoms with E-state index in [1.54, 1.807) is 0 Å². The average Bonchev–Trinajstić information content (AvgIpc) is 2.83. The highest BCUT2D eigenvalue weighted by molar-refractivity contribution is 7.84. The van der Waals surface area contributed by atoms with E-state index in [-0.39, 0.29) is 0 Å². The zero-order chi connectivity index (χ0) is 13.7. The summed E-state index contributed by atoms with van der Waals surface area (Å²) in [6, 6.07) is 9.01. The Morgan fingerprint density at radius 3 is 2.95 bits per heavy atom. The monoisotopic (exact) mass is 279 g/mol. The van der Waals surface area contributed by atoms with Crippen LogP contribution in [0.2, 0.25) is 0 Å². The van der Waals surface area contributed by atoms with E-state index in [0.29, 0.717) is 11.8 Å². The summed E-state index contributed by atoms with van der Waals surface area (Å²) in [7, 11) is 1.33. The fourth-order valence-electron chi connectivity index (χ4n) is 3.11. The average molecular weight is 279 g/mol. The van der Waals surface area contributed by atoms with Crippen LogP contribution in [0.25, 0.3) is 0 Å². The summed E-state index contributed by atoms with van der Waals surface area (Å²) in [4.78, 5) is 0. The lowest BCUT2D eigenvalue weighted by atomic mass is 10.0. The summed E-state index contributed by atoms with van der Waals surface area (Å²) >= 11 is 0. The Labute approximate surface area is 119 Å². The minimum Gasteiger partial charge on any atom is -0.317 e. The van der Waals surface area contributed by atoms with E-state index in [1.807, 2.05) is 7.05 Å². The third kappa shape index (κ3) is 4.43. The van der Waals surface area contributed by atoms with Crippen LogP contribution in [0.1, 0.15) is 36.8 Å². The third-order valence-corrected chi connectivity index (χ3v) is 5.50. The molecule has 0 bridgehead atoms. The van der Waals surface area contributed by atoms with Crippen molar-refractivity contribution < 1.29 is 4.21 Å². The second-order valence-corrected chi connectivity index (χ2v) is 7.23. The summed E-state index contributed by atoms with van der Waals surface area (Å²) in [6.45, 7) is 2.09. The predicted octanol–water partition coefficient (Wildman–Crippen LogP) is 3.02. The molecule has 3 unspecified atom stereocenters. The lowest BCUT2D eigenvalue weighted by Gasteiger charge is -2.18. The second kappa shape index (κ2) is 7.20. The van der Waals surface area contributed by atoms with Gasteiger partial charge in [0.15, 0.2) is 0 Å². The van der Waals surface area contributed by atoms with Crippen LogP contribution in [0, 0.1) is 12.8 Å². The zero-order valence-electron chi connectivity index (χ0n) is 12.0.